The molecule has 1 aliphatic heterocycles. The Morgan fingerprint density at radius 3 is 2.61 bits per heavy atom. The third kappa shape index (κ3) is 2.61. The van der Waals surface area contributed by atoms with E-state index >= 15 is 0 Å². The predicted octanol–water partition coefficient (Wildman–Crippen LogP) is 3.84. The number of carbonyl (C=O) groups excluding carboxylic acids is 1. The SMILES string of the molecule is Cc1ccc(-n2nc(C(=O)N3CCCc4c(N)cccc43)c3c2CCC3)cc1. The fourth-order valence-electron chi connectivity index (χ4n) is 4.50. The second kappa shape index (κ2) is 6.51. The Kier molecular flexibility index (Phi) is 3.97. The molecule has 2 aliphatic rings. The average molecular weight is 372 g/mol. The third-order valence-corrected chi connectivity index (χ3v) is 5.94. The van der Waals surface area contributed by atoms with Crippen LogP contribution in [-0.4, -0.2) is 22.2 Å². The van der Waals surface area contributed by atoms with Gasteiger partial charge in [-0.2, -0.15) is 5.10 Å². The standard InChI is InChI=1S/C23H24N4O/c1-15-10-12-16(13-11-15)27-21-9-2-5-18(21)22(25-27)23(28)26-14-4-6-17-19(24)7-3-8-20(17)26/h3,7-8,10-13H,2,4-6,9,14,24H2,1H3. The van der Waals surface area contributed by atoms with Crippen molar-refractivity contribution in [2.24, 2.45) is 0 Å². The summed E-state index contributed by atoms with van der Waals surface area (Å²) in [6.45, 7) is 2.78. The van der Waals surface area contributed by atoms with Crippen LogP contribution in [0, 0.1) is 6.92 Å². The van der Waals surface area contributed by atoms with Gasteiger partial charge in [0.05, 0.1) is 5.69 Å². The summed E-state index contributed by atoms with van der Waals surface area (Å²) in [4.78, 5) is 15.4. The van der Waals surface area contributed by atoms with E-state index in [9.17, 15) is 4.79 Å². The highest BCUT2D eigenvalue weighted by Crippen LogP contribution is 2.34. The lowest BCUT2D eigenvalue weighted by molar-refractivity contribution is 0.0979. The molecule has 5 nitrogen and oxygen atoms in total. The molecule has 1 amide bonds. The second-order valence-corrected chi connectivity index (χ2v) is 7.78. The molecule has 5 rings (SSSR count). The zero-order valence-electron chi connectivity index (χ0n) is 16.1. The Bertz CT molecular complexity index is 1060. The van der Waals surface area contributed by atoms with Crippen molar-refractivity contribution in [1.29, 1.82) is 0 Å². The minimum Gasteiger partial charge on any atom is -0.398 e. The molecule has 0 bridgehead atoms. The first kappa shape index (κ1) is 17.0. The summed E-state index contributed by atoms with van der Waals surface area (Å²) in [6.07, 6.45) is 4.80. The zero-order chi connectivity index (χ0) is 19.3. The highest BCUT2D eigenvalue weighted by atomic mass is 16.2. The van der Waals surface area contributed by atoms with Crippen molar-refractivity contribution in [3.05, 3.63) is 70.5 Å². The van der Waals surface area contributed by atoms with Crippen molar-refractivity contribution in [3.8, 4) is 5.69 Å². The van der Waals surface area contributed by atoms with E-state index in [1.807, 2.05) is 27.8 Å². The molecule has 0 unspecified atom stereocenters. The molecule has 0 saturated carbocycles. The van der Waals surface area contributed by atoms with Crippen LogP contribution in [0.15, 0.2) is 42.5 Å². The van der Waals surface area contributed by atoms with E-state index < -0.39 is 0 Å². The molecule has 1 aromatic heterocycles. The number of anilines is 2. The molecule has 5 heteroatoms. The van der Waals surface area contributed by atoms with E-state index in [0.29, 0.717) is 12.2 Å². The van der Waals surface area contributed by atoms with Crippen LogP contribution in [-0.2, 0) is 19.3 Å². The highest BCUT2D eigenvalue weighted by molar-refractivity contribution is 6.07. The van der Waals surface area contributed by atoms with Crippen molar-refractivity contribution >= 4 is 17.3 Å². The molecule has 0 saturated heterocycles. The van der Waals surface area contributed by atoms with Crippen LogP contribution in [0.2, 0.25) is 0 Å². The number of aryl methyl sites for hydroxylation is 1. The van der Waals surface area contributed by atoms with E-state index in [1.165, 1.54) is 11.3 Å². The van der Waals surface area contributed by atoms with Gasteiger partial charge in [-0.1, -0.05) is 23.8 Å². The maximum absolute atomic E-state index is 13.5. The van der Waals surface area contributed by atoms with Crippen LogP contribution in [0.1, 0.15) is 45.7 Å². The van der Waals surface area contributed by atoms with Crippen LogP contribution >= 0.6 is 0 Å². The van der Waals surface area contributed by atoms with E-state index in [0.717, 1.165) is 60.3 Å². The molecule has 0 fully saturated rings. The molecule has 3 aromatic rings. The molecule has 2 N–H and O–H groups in total. The van der Waals surface area contributed by atoms with E-state index in [1.54, 1.807) is 0 Å². The zero-order valence-corrected chi connectivity index (χ0v) is 16.1. The number of rotatable bonds is 2. The number of nitrogens with two attached hydrogens (primary N) is 1. The topological polar surface area (TPSA) is 64.2 Å². The summed E-state index contributed by atoms with van der Waals surface area (Å²) in [5, 5.41) is 4.80. The normalized spacial score (nSPS) is 15.4. The number of hydrogen-bond acceptors (Lipinski definition) is 3. The minimum atomic E-state index is -0.00411. The summed E-state index contributed by atoms with van der Waals surface area (Å²) >= 11 is 0. The number of nitrogen functional groups attached to an aromatic ring is 1. The van der Waals surface area contributed by atoms with Crippen LogP contribution in [0.5, 0.6) is 0 Å². The monoisotopic (exact) mass is 372 g/mol. The predicted molar refractivity (Wildman–Crippen MR) is 111 cm³/mol. The molecule has 0 radical (unpaired) electrons. The van der Waals surface area contributed by atoms with Gasteiger partial charge in [0.1, 0.15) is 0 Å². The molecule has 142 valence electrons. The first-order valence-electron chi connectivity index (χ1n) is 10.0. The van der Waals surface area contributed by atoms with Gasteiger partial charge in [0.15, 0.2) is 5.69 Å². The minimum absolute atomic E-state index is 0.00411. The van der Waals surface area contributed by atoms with Gasteiger partial charge >= 0.3 is 0 Å². The molecular formula is C23H24N4O. The molecule has 2 aromatic carbocycles. The van der Waals surface area contributed by atoms with Gasteiger partial charge in [-0.25, -0.2) is 4.68 Å². The molecular weight excluding hydrogens is 348 g/mol. The highest BCUT2D eigenvalue weighted by Gasteiger charge is 2.32. The number of fused-ring (bicyclic) bond motifs is 2. The Hall–Kier alpha value is -3.08. The van der Waals surface area contributed by atoms with Crippen molar-refractivity contribution < 1.29 is 4.79 Å². The van der Waals surface area contributed by atoms with E-state index in [-0.39, 0.29) is 5.91 Å². The maximum Gasteiger partial charge on any atom is 0.279 e. The fraction of sp³-hybridized carbons (Fsp3) is 0.304. The Labute approximate surface area is 164 Å². The Balaban J connectivity index is 1.58. The summed E-state index contributed by atoms with van der Waals surface area (Å²) in [5.41, 5.74) is 14.1. The van der Waals surface area contributed by atoms with Crippen molar-refractivity contribution in [2.45, 2.75) is 39.0 Å². The van der Waals surface area contributed by atoms with E-state index in [4.69, 9.17) is 10.8 Å². The first-order valence-corrected chi connectivity index (χ1v) is 10.0. The third-order valence-electron chi connectivity index (χ3n) is 5.94. The number of aromatic nitrogens is 2. The molecule has 1 aliphatic carbocycles. The van der Waals surface area contributed by atoms with Gasteiger partial charge in [-0.15, -0.1) is 0 Å². The quantitative estimate of drug-likeness (QED) is 0.695. The summed E-state index contributed by atoms with van der Waals surface area (Å²) in [7, 11) is 0. The number of nitrogens with zero attached hydrogens (tertiary/aromatic N) is 3. The van der Waals surface area contributed by atoms with Crippen LogP contribution in [0.4, 0.5) is 11.4 Å². The largest absolute Gasteiger partial charge is 0.398 e. The lowest BCUT2D eigenvalue weighted by Gasteiger charge is -2.30. The first-order chi connectivity index (χ1) is 13.6. The molecule has 28 heavy (non-hydrogen) atoms. The number of carbonyl (C=O) groups is 1. The number of benzene rings is 2. The van der Waals surface area contributed by atoms with Gasteiger partial charge in [0.2, 0.25) is 0 Å². The van der Waals surface area contributed by atoms with Crippen molar-refractivity contribution in [1.82, 2.24) is 9.78 Å². The number of amides is 1. The summed E-state index contributed by atoms with van der Waals surface area (Å²) < 4.78 is 1.97. The van der Waals surface area contributed by atoms with Crippen LogP contribution in [0.25, 0.3) is 5.69 Å². The van der Waals surface area contributed by atoms with Crippen LogP contribution in [0.3, 0.4) is 0 Å². The summed E-state index contributed by atoms with van der Waals surface area (Å²) in [5.74, 6) is -0.00411. The maximum atomic E-state index is 13.5. The second-order valence-electron chi connectivity index (χ2n) is 7.78. The van der Waals surface area contributed by atoms with Crippen LogP contribution < -0.4 is 10.6 Å². The smallest absolute Gasteiger partial charge is 0.279 e. The average Bonchev–Trinajstić information content (AvgIpc) is 3.31. The Morgan fingerprint density at radius 1 is 1.00 bits per heavy atom. The van der Waals surface area contributed by atoms with Crippen molar-refractivity contribution in [3.63, 3.8) is 0 Å². The van der Waals surface area contributed by atoms with E-state index in [2.05, 4.69) is 31.2 Å². The van der Waals surface area contributed by atoms with Gasteiger partial charge in [0, 0.05) is 29.2 Å². The lowest BCUT2D eigenvalue weighted by atomic mass is 9.99. The van der Waals surface area contributed by atoms with Gasteiger partial charge in [-0.05, 0) is 68.9 Å². The number of hydrogen-bond donors (Lipinski definition) is 1. The van der Waals surface area contributed by atoms with Gasteiger partial charge in [0.25, 0.3) is 5.91 Å². The summed E-state index contributed by atoms with van der Waals surface area (Å²) in [6, 6.07) is 14.2. The lowest BCUT2D eigenvalue weighted by Crippen LogP contribution is -2.36. The van der Waals surface area contributed by atoms with Crippen molar-refractivity contribution in [2.75, 3.05) is 17.2 Å². The molecule has 0 spiro atoms. The van der Waals surface area contributed by atoms with Gasteiger partial charge < -0.3 is 10.6 Å². The molecule has 0 atom stereocenters. The Morgan fingerprint density at radius 2 is 1.79 bits per heavy atom. The molecule has 2 heterocycles. The van der Waals surface area contributed by atoms with Gasteiger partial charge in [-0.3, -0.25) is 4.79 Å². The fourth-order valence-corrected chi connectivity index (χ4v) is 4.50.